The van der Waals surface area contributed by atoms with Gasteiger partial charge in [0.2, 0.25) is 0 Å². The molecule has 0 aromatic heterocycles. The average Bonchev–Trinajstić information content (AvgIpc) is 3.71. The molecule has 0 aliphatic heterocycles. The average molecular weight is 913 g/mol. The molecule has 0 saturated carbocycles. The van der Waals surface area contributed by atoms with Gasteiger partial charge in [0.15, 0.2) is 0 Å². The van der Waals surface area contributed by atoms with E-state index in [0.717, 1.165) is 0 Å². The highest BCUT2D eigenvalue weighted by molar-refractivity contribution is 6.23. The number of rotatable bonds is 7. The third-order valence-corrected chi connectivity index (χ3v) is 15.7. The van der Waals surface area contributed by atoms with Crippen LogP contribution in [0, 0.1) is 0 Å². The third kappa shape index (κ3) is 6.53. The van der Waals surface area contributed by atoms with Gasteiger partial charge < -0.3 is 0 Å². The molecule has 72 heavy (non-hydrogen) atoms. The van der Waals surface area contributed by atoms with Crippen LogP contribution in [0.4, 0.5) is 0 Å². The van der Waals surface area contributed by atoms with Crippen molar-refractivity contribution in [2.75, 3.05) is 0 Å². The lowest BCUT2D eigenvalue weighted by atomic mass is 9.73. The maximum atomic E-state index is 2.48. The molecule has 14 rings (SSSR count). The maximum Gasteiger partial charge on any atom is 0.0435 e. The highest BCUT2D eigenvalue weighted by Crippen LogP contribution is 2.55. The summed E-state index contributed by atoms with van der Waals surface area (Å²) in [5, 5.41) is 10.1. The van der Waals surface area contributed by atoms with E-state index in [0.29, 0.717) is 0 Å². The molecule has 0 unspecified atom stereocenters. The van der Waals surface area contributed by atoms with Gasteiger partial charge in [-0.05, 0) is 169 Å². The molecular formula is C72H48. The predicted molar refractivity (Wildman–Crippen MR) is 307 cm³/mol. The van der Waals surface area contributed by atoms with Crippen molar-refractivity contribution in [3.8, 4) is 77.9 Å². The van der Waals surface area contributed by atoms with Crippen LogP contribution in [0.3, 0.4) is 0 Å². The zero-order chi connectivity index (χ0) is 47.8. The summed E-state index contributed by atoms with van der Waals surface area (Å²) in [4.78, 5) is 0. The molecule has 13 aromatic carbocycles. The van der Waals surface area contributed by atoms with E-state index in [1.165, 1.54) is 138 Å². The van der Waals surface area contributed by atoms with Crippen molar-refractivity contribution in [3.05, 3.63) is 290 Å². The Morgan fingerprint density at radius 1 is 0.208 bits per heavy atom. The Kier molecular flexibility index (Phi) is 9.76. The monoisotopic (exact) mass is 912 g/mol. The molecule has 0 saturated heterocycles. The molecule has 0 atom stereocenters. The highest BCUT2D eigenvalue weighted by Gasteiger charge is 2.41. The Bertz CT molecular complexity index is 3890. The molecule has 336 valence electrons. The summed E-state index contributed by atoms with van der Waals surface area (Å²) in [5.74, 6) is 0. The van der Waals surface area contributed by atoms with Crippen LogP contribution in [0.25, 0.3) is 121 Å². The van der Waals surface area contributed by atoms with Crippen molar-refractivity contribution >= 4 is 43.1 Å². The van der Waals surface area contributed by atoms with Crippen LogP contribution in [-0.4, -0.2) is 0 Å². The Balaban J connectivity index is 0.893. The van der Waals surface area contributed by atoms with Crippen molar-refractivity contribution in [2.45, 2.75) is 12.3 Å². The van der Waals surface area contributed by atoms with Crippen LogP contribution in [0.5, 0.6) is 0 Å². The molecule has 0 heterocycles. The Hall–Kier alpha value is -9.10. The van der Waals surface area contributed by atoms with E-state index < -0.39 is 5.41 Å². The van der Waals surface area contributed by atoms with Crippen LogP contribution in [-0.2, 0) is 5.41 Å². The second-order valence-electron chi connectivity index (χ2n) is 19.6. The summed E-state index contributed by atoms with van der Waals surface area (Å²) in [5.41, 5.74) is 21.0. The topological polar surface area (TPSA) is 0 Å². The molecule has 0 bridgehead atoms. The molecule has 0 radical (unpaired) electrons. The smallest absolute Gasteiger partial charge is 0.0435 e. The summed E-state index contributed by atoms with van der Waals surface area (Å²) in [7, 11) is 0. The zero-order valence-corrected chi connectivity index (χ0v) is 40.0. The van der Waals surface area contributed by atoms with E-state index in [1.54, 1.807) is 0 Å². The van der Waals surface area contributed by atoms with Gasteiger partial charge in [-0.1, -0.05) is 249 Å². The fourth-order valence-corrected chi connectivity index (χ4v) is 12.4. The summed E-state index contributed by atoms with van der Waals surface area (Å²) in [6.45, 7) is 2.44. The predicted octanol–water partition coefficient (Wildman–Crippen LogP) is 19.6. The van der Waals surface area contributed by atoms with Crippen LogP contribution in [0.2, 0.25) is 0 Å². The van der Waals surface area contributed by atoms with Gasteiger partial charge in [-0.15, -0.1) is 0 Å². The van der Waals surface area contributed by atoms with Crippen molar-refractivity contribution in [2.24, 2.45) is 0 Å². The molecule has 0 amide bonds. The van der Waals surface area contributed by atoms with E-state index in [2.05, 4.69) is 280 Å². The number of hydrogen-bond donors (Lipinski definition) is 0. The van der Waals surface area contributed by atoms with Crippen LogP contribution >= 0.6 is 0 Å². The molecule has 0 nitrogen and oxygen atoms in total. The normalized spacial score (nSPS) is 12.6. The van der Waals surface area contributed by atoms with Gasteiger partial charge in [-0.2, -0.15) is 0 Å². The van der Waals surface area contributed by atoms with Crippen molar-refractivity contribution in [1.82, 2.24) is 0 Å². The molecule has 1 aliphatic rings. The fraction of sp³-hybridized carbons (Fsp3) is 0.0278. The largest absolute Gasteiger partial charge is 0.0622 e. The first kappa shape index (κ1) is 41.8. The number of benzene rings is 13. The zero-order valence-electron chi connectivity index (χ0n) is 40.0. The van der Waals surface area contributed by atoms with Crippen LogP contribution < -0.4 is 0 Å². The molecule has 0 heteroatoms. The van der Waals surface area contributed by atoms with Crippen LogP contribution in [0.15, 0.2) is 273 Å². The van der Waals surface area contributed by atoms with Crippen LogP contribution in [0.1, 0.15) is 23.6 Å². The molecule has 0 N–H and O–H groups in total. The minimum Gasteiger partial charge on any atom is -0.0622 e. The summed E-state index contributed by atoms with van der Waals surface area (Å²) >= 11 is 0. The van der Waals surface area contributed by atoms with Crippen molar-refractivity contribution < 1.29 is 0 Å². The third-order valence-electron chi connectivity index (χ3n) is 15.7. The van der Waals surface area contributed by atoms with Gasteiger partial charge in [0.25, 0.3) is 0 Å². The molecule has 13 aromatic rings. The second kappa shape index (κ2) is 16.8. The molecule has 1 aliphatic carbocycles. The Morgan fingerprint density at radius 3 is 0.819 bits per heavy atom. The van der Waals surface area contributed by atoms with Gasteiger partial charge in [0.05, 0.1) is 0 Å². The quantitative estimate of drug-likeness (QED) is 0.140. The van der Waals surface area contributed by atoms with Gasteiger partial charge in [-0.25, -0.2) is 0 Å². The number of hydrogen-bond acceptors (Lipinski definition) is 0. The Labute approximate surface area is 420 Å². The lowest BCUT2D eigenvalue weighted by Gasteiger charge is -2.29. The SMILES string of the molecule is CC1(c2ccccc2)c2cc(-c3cccc(-c4c5ccccc5c(-c5ccccc5)c5ccccc45)c3)ccc2-c2ccc(-c3cccc(-c4c5ccccc5c(-c5ccccc5)c5ccccc45)c3)cc21. The van der Waals surface area contributed by atoms with Crippen molar-refractivity contribution in [1.29, 1.82) is 0 Å². The highest BCUT2D eigenvalue weighted by atomic mass is 14.4. The minimum atomic E-state index is -0.396. The van der Waals surface area contributed by atoms with E-state index in [1.807, 2.05) is 0 Å². The summed E-state index contributed by atoms with van der Waals surface area (Å²) < 4.78 is 0. The van der Waals surface area contributed by atoms with E-state index in [4.69, 9.17) is 0 Å². The van der Waals surface area contributed by atoms with Gasteiger partial charge >= 0.3 is 0 Å². The lowest BCUT2D eigenvalue weighted by Crippen LogP contribution is -2.22. The van der Waals surface area contributed by atoms with E-state index >= 15 is 0 Å². The maximum absolute atomic E-state index is 2.48. The molecular weight excluding hydrogens is 865 g/mol. The van der Waals surface area contributed by atoms with Crippen molar-refractivity contribution in [3.63, 3.8) is 0 Å². The minimum absolute atomic E-state index is 0.396. The van der Waals surface area contributed by atoms with Gasteiger partial charge in [0, 0.05) is 5.41 Å². The lowest BCUT2D eigenvalue weighted by molar-refractivity contribution is 0.714. The van der Waals surface area contributed by atoms with Gasteiger partial charge in [0.1, 0.15) is 0 Å². The van der Waals surface area contributed by atoms with E-state index in [-0.39, 0.29) is 0 Å². The molecule has 0 fully saturated rings. The van der Waals surface area contributed by atoms with Gasteiger partial charge in [-0.3, -0.25) is 0 Å². The summed E-state index contributed by atoms with van der Waals surface area (Å²) in [6, 6.07) is 101. The first-order valence-electron chi connectivity index (χ1n) is 25.2. The fourth-order valence-electron chi connectivity index (χ4n) is 12.4. The standard InChI is InChI=1S/C72H48/c1-72(55-29-9-4-10-30-55)66-45-51(49-25-19-27-53(43-49)70-62-35-15-11-31-58(62)68(47-21-5-2-6-22-47)59-32-12-16-36-63(59)70)39-41-56(66)57-42-40-52(46-67(57)72)50-26-20-28-54(44-50)71-64-37-17-13-33-60(64)69(48-23-7-3-8-24-48)61-34-14-18-38-65(61)71/h2-46H,1H3. The first-order valence-corrected chi connectivity index (χ1v) is 25.2. The first-order chi connectivity index (χ1) is 35.6. The van der Waals surface area contributed by atoms with E-state index in [9.17, 15) is 0 Å². The second-order valence-corrected chi connectivity index (χ2v) is 19.6. The molecule has 0 spiro atoms. The number of fused-ring (bicyclic) bond motifs is 7. The Morgan fingerprint density at radius 2 is 0.472 bits per heavy atom. The summed E-state index contributed by atoms with van der Waals surface area (Å²) in [6.07, 6.45) is 0.